The molecule has 112 valence electrons. The summed E-state index contributed by atoms with van der Waals surface area (Å²) in [5.74, 6) is -0.789. The van der Waals surface area contributed by atoms with E-state index in [9.17, 15) is 12.8 Å². The molecule has 21 heavy (non-hydrogen) atoms. The van der Waals surface area contributed by atoms with Gasteiger partial charge in [-0.1, -0.05) is 30.3 Å². The first-order valence-electron chi connectivity index (χ1n) is 6.50. The monoisotopic (exact) mass is 309 g/mol. The van der Waals surface area contributed by atoms with Crippen LogP contribution >= 0.6 is 0 Å². The van der Waals surface area contributed by atoms with E-state index in [0.717, 1.165) is 10.4 Å². The van der Waals surface area contributed by atoms with E-state index >= 15 is 0 Å². The average molecular weight is 309 g/mol. The van der Waals surface area contributed by atoms with Crippen molar-refractivity contribution in [1.82, 2.24) is 0 Å². The van der Waals surface area contributed by atoms with Gasteiger partial charge in [0.15, 0.2) is 0 Å². The summed E-state index contributed by atoms with van der Waals surface area (Å²) >= 11 is 0. The number of hydrogen-bond donors (Lipinski definition) is 1. The van der Waals surface area contributed by atoms with E-state index in [-0.39, 0.29) is 24.5 Å². The zero-order chi connectivity index (χ0) is 15.3. The summed E-state index contributed by atoms with van der Waals surface area (Å²) in [5.41, 5.74) is 0.439. The Hall–Kier alpha value is -1.92. The van der Waals surface area contributed by atoms with E-state index in [1.807, 2.05) is 0 Å². The van der Waals surface area contributed by atoms with Crippen molar-refractivity contribution in [2.24, 2.45) is 0 Å². The smallest absolute Gasteiger partial charge is 0.267 e. The Morgan fingerprint density at radius 2 is 1.62 bits per heavy atom. The Kier molecular flexibility index (Phi) is 4.93. The van der Waals surface area contributed by atoms with E-state index in [4.69, 9.17) is 5.11 Å². The molecule has 0 aliphatic rings. The van der Waals surface area contributed by atoms with Gasteiger partial charge in [-0.15, -0.1) is 0 Å². The summed E-state index contributed by atoms with van der Waals surface area (Å²) in [6.45, 7) is -0.0622. The van der Waals surface area contributed by atoms with Crippen LogP contribution in [0.15, 0.2) is 59.5 Å². The fraction of sp³-hybridized carbons (Fsp3) is 0.200. The highest BCUT2D eigenvalue weighted by atomic mass is 32.2. The quantitative estimate of drug-likeness (QED) is 0.891. The van der Waals surface area contributed by atoms with Crippen LogP contribution in [0.1, 0.15) is 6.42 Å². The van der Waals surface area contributed by atoms with Crippen LogP contribution in [0.25, 0.3) is 0 Å². The highest BCUT2D eigenvalue weighted by Gasteiger charge is 2.27. The fourth-order valence-electron chi connectivity index (χ4n) is 1.97. The highest BCUT2D eigenvalue weighted by molar-refractivity contribution is 7.92. The van der Waals surface area contributed by atoms with Crippen molar-refractivity contribution in [3.05, 3.63) is 60.4 Å². The number of rotatable bonds is 6. The minimum absolute atomic E-state index is 0.0805. The van der Waals surface area contributed by atoms with Crippen LogP contribution in [0.2, 0.25) is 0 Å². The second kappa shape index (κ2) is 6.69. The first kappa shape index (κ1) is 15.5. The number of anilines is 1. The molecular formula is C15H16FNO3S. The molecule has 6 heteroatoms. The van der Waals surface area contributed by atoms with E-state index in [2.05, 4.69) is 0 Å². The maximum atomic E-state index is 13.8. The van der Waals surface area contributed by atoms with Crippen molar-refractivity contribution in [2.75, 3.05) is 17.5 Å². The molecule has 2 aromatic rings. The van der Waals surface area contributed by atoms with Crippen LogP contribution < -0.4 is 4.31 Å². The lowest BCUT2D eigenvalue weighted by molar-refractivity contribution is 0.291. The van der Waals surface area contributed by atoms with Gasteiger partial charge in [0.25, 0.3) is 10.0 Å². The SMILES string of the molecule is O=S(=O)(c1ccccc1F)N(CCCO)c1ccccc1. The van der Waals surface area contributed by atoms with Crippen LogP contribution in [0.5, 0.6) is 0 Å². The van der Waals surface area contributed by atoms with Gasteiger partial charge >= 0.3 is 0 Å². The minimum Gasteiger partial charge on any atom is -0.396 e. The molecule has 0 saturated carbocycles. The van der Waals surface area contributed by atoms with Gasteiger partial charge in [-0.05, 0) is 30.7 Å². The van der Waals surface area contributed by atoms with Gasteiger partial charge in [-0.2, -0.15) is 0 Å². The topological polar surface area (TPSA) is 57.6 Å². The molecule has 2 aromatic carbocycles. The van der Waals surface area contributed by atoms with Gasteiger partial charge in [-0.25, -0.2) is 12.8 Å². The number of para-hydroxylation sites is 1. The van der Waals surface area contributed by atoms with Crippen LogP contribution in [0.4, 0.5) is 10.1 Å². The van der Waals surface area contributed by atoms with Crippen LogP contribution in [0, 0.1) is 5.82 Å². The third kappa shape index (κ3) is 3.40. The van der Waals surface area contributed by atoms with Crippen molar-refractivity contribution in [2.45, 2.75) is 11.3 Å². The second-order valence-corrected chi connectivity index (χ2v) is 6.25. The number of aliphatic hydroxyl groups is 1. The first-order chi connectivity index (χ1) is 10.1. The first-order valence-corrected chi connectivity index (χ1v) is 7.94. The predicted molar refractivity (Wildman–Crippen MR) is 79.1 cm³/mol. The Bertz CT molecular complexity index is 689. The third-order valence-electron chi connectivity index (χ3n) is 2.97. The lowest BCUT2D eigenvalue weighted by Crippen LogP contribution is -2.33. The molecule has 0 aliphatic carbocycles. The van der Waals surface area contributed by atoms with Crippen molar-refractivity contribution in [1.29, 1.82) is 0 Å². The molecular weight excluding hydrogens is 293 g/mol. The molecule has 0 amide bonds. The molecule has 0 saturated heterocycles. The summed E-state index contributed by atoms with van der Waals surface area (Å²) < 4.78 is 40.3. The molecule has 4 nitrogen and oxygen atoms in total. The van der Waals surface area contributed by atoms with Gasteiger partial charge in [-0.3, -0.25) is 4.31 Å². The zero-order valence-electron chi connectivity index (χ0n) is 11.3. The van der Waals surface area contributed by atoms with Gasteiger partial charge in [0.1, 0.15) is 10.7 Å². The molecule has 0 bridgehead atoms. The minimum atomic E-state index is -4.01. The number of halogens is 1. The van der Waals surface area contributed by atoms with Gasteiger partial charge in [0.05, 0.1) is 5.69 Å². The fourth-order valence-corrected chi connectivity index (χ4v) is 3.54. The van der Waals surface area contributed by atoms with Gasteiger partial charge in [0.2, 0.25) is 0 Å². The summed E-state index contributed by atoms with van der Waals surface area (Å²) in [4.78, 5) is -0.369. The average Bonchev–Trinajstić information content (AvgIpc) is 2.49. The summed E-state index contributed by atoms with van der Waals surface area (Å²) in [6, 6.07) is 13.7. The molecule has 0 spiro atoms. The number of sulfonamides is 1. The zero-order valence-corrected chi connectivity index (χ0v) is 12.1. The molecule has 0 aliphatic heterocycles. The van der Waals surface area contributed by atoms with Gasteiger partial charge < -0.3 is 5.11 Å². The lowest BCUT2D eigenvalue weighted by Gasteiger charge is -2.24. The number of aliphatic hydroxyl groups excluding tert-OH is 1. The molecule has 0 aromatic heterocycles. The molecule has 0 heterocycles. The molecule has 2 rings (SSSR count). The van der Waals surface area contributed by atoms with Gasteiger partial charge in [0, 0.05) is 13.2 Å². The van der Waals surface area contributed by atoms with E-state index in [0.29, 0.717) is 5.69 Å². The van der Waals surface area contributed by atoms with Crippen LogP contribution in [-0.4, -0.2) is 26.7 Å². The highest BCUT2D eigenvalue weighted by Crippen LogP contribution is 2.25. The molecule has 0 unspecified atom stereocenters. The summed E-state index contributed by atoms with van der Waals surface area (Å²) in [5, 5.41) is 8.96. The van der Waals surface area contributed by atoms with E-state index in [1.54, 1.807) is 30.3 Å². The van der Waals surface area contributed by atoms with Crippen molar-refractivity contribution in [3.8, 4) is 0 Å². The number of nitrogens with zero attached hydrogens (tertiary/aromatic N) is 1. The lowest BCUT2D eigenvalue weighted by atomic mass is 10.3. The Labute approximate surface area is 123 Å². The number of hydrogen-bond acceptors (Lipinski definition) is 3. The summed E-state index contributed by atoms with van der Waals surface area (Å²) in [7, 11) is -4.01. The molecule has 0 fully saturated rings. The van der Waals surface area contributed by atoms with E-state index in [1.165, 1.54) is 18.2 Å². The maximum absolute atomic E-state index is 13.8. The third-order valence-corrected chi connectivity index (χ3v) is 4.83. The van der Waals surface area contributed by atoms with Crippen LogP contribution in [0.3, 0.4) is 0 Å². The van der Waals surface area contributed by atoms with E-state index < -0.39 is 15.8 Å². The summed E-state index contributed by atoms with van der Waals surface area (Å²) in [6.07, 6.45) is 0.266. The molecule has 0 radical (unpaired) electrons. The standard InChI is InChI=1S/C15H16FNO3S/c16-14-9-4-5-10-15(14)21(19,20)17(11-6-12-18)13-7-2-1-3-8-13/h1-5,7-10,18H,6,11-12H2. The maximum Gasteiger partial charge on any atom is 0.267 e. The molecule has 0 atom stereocenters. The van der Waals surface area contributed by atoms with Crippen LogP contribution in [-0.2, 0) is 10.0 Å². The largest absolute Gasteiger partial charge is 0.396 e. The molecule has 1 N–H and O–H groups in total. The normalized spacial score (nSPS) is 11.3. The predicted octanol–water partition coefficient (Wildman–Crippen LogP) is 2.40. The van der Waals surface area contributed by atoms with Crippen molar-refractivity contribution < 1.29 is 17.9 Å². The van der Waals surface area contributed by atoms with Crippen molar-refractivity contribution in [3.63, 3.8) is 0 Å². The Morgan fingerprint density at radius 1 is 1.00 bits per heavy atom. The van der Waals surface area contributed by atoms with Crippen molar-refractivity contribution >= 4 is 15.7 Å². The second-order valence-electron chi connectivity index (χ2n) is 4.42. The number of benzene rings is 2. The Morgan fingerprint density at radius 3 is 2.24 bits per heavy atom. The Balaban J connectivity index is 2.48.